The molecule has 2 aliphatic rings. The Balaban J connectivity index is 1.73. The third-order valence-corrected chi connectivity index (χ3v) is 8.19. The molecular weight excluding hydrogens is 576 g/mol. The monoisotopic (exact) mass is 630 g/mol. The van der Waals surface area contributed by atoms with Crippen LogP contribution in [0.2, 0.25) is 0 Å². The van der Waals surface area contributed by atoms with Gasteiger partial charge in [0.1, 0.15) is 48.8 Å². The summed E-state index contributed by atoms with van der Waals surface area (Å²) in [6, 6.07) is 0. The van der Waals surface area contributed by atoms with E-state index in [1.54, 1.807) is 13.0 Å². The van der Waals surface area contributed by atoms with Crippen molar-refractivity contribution in [2.24, 2.45) is 0 Å². The maximum Gasteiger partial charge on any atom is 0.187 e. The van der Waals surface area contributed by atoms with E-state index in [4.69, 9.17) is 18.9 Å². The van der Waals surface area contributed by atoms with Crippen molar-refractivity contribution in [1.82, 2.24) is 0 Å². The normalized spacial score (nSPS) is 35.4. The highest BCUT2D eigenvalue weighted by Crippen LogP contribution is 2.29. The van der Waals surface area contributed by atoms with Gasteiger partial charge in [0.25, 0.3) is 0 Å². The number of hydrogen-bond acceptors (Lipinski definition) is 12. The number of ether oxygens (including phenoxy) is 4. The molecule has 0 spiro atoms. The molecule has 0 bridgehead atoms. The Bertz CT molecular complexity index is 963. The van der Waals surface area contributed by atoms with Crippen molar-refractivity contribution in [3.63, 3.8) is 0 Å². The smallest absolute Gasteiger partial charge is 0.187 e. The Morgan fingerprint density at radius 3 is 1.64 bits per heavy atom. The van der Waals surface area contributed by atoms with Gasteiger partial charge in [0.05, 0.1) is 25.4 Å². The molecule has 2 rings (SSSR count). The highest BCUT2D eigenvalue weighted by atomic mass is 16.7. The van der Waals surface area contributed by atoms with E-state index in [1.807, 2.05) is 13.0 Å². The quantitative estimate of drug-likeness (QED) is 0.105. The first-order valence-electron chi connectivity index (χ1n) is 15.3. The fraction of sp³-hybridized carbons (Fsp3) is 0.750. The lowest BCUT2D eigenvalue weighted by atomic mass is 9.96. The van der Waals surface area contributed by atoms with Crippen LogP contribution in [0.25, 0.3) is 0 Å². The second kappa shape index (κ2) is 18.6. The number of allylic oxidation sites excluding steroid dienone is 5. The van der Waals surface area contributed by atoms with Crippen LogP contribution in [0.3, 0.4) is 0 Å². The van der Waals surface area contributed by atoms with Gasteiger partial charge >= 0.3 is 0 Å². The van der Waals surface area contributed by atoms with Gasteiger partial charge in [0.15, 0.2) is 12.6 Å². The molecule has 0 aromatic carbocycles. The maximum absolute atomic E-state index is 10.3. The molecule has 254 valence electrons. The molecule has 0 saturated carbocycles. The topological polar surface area (TPSA) is 199 Å². The van der Waals surface area contributed by atoms with E-state index in [0.29, 0.717) is 12.8 Å². The van der Waals surface area contributed by atoms with E-state index >= 15 is 0 Å². The van der Waals surface area contributed by atoms with Crippen molar-refractivity contribution in [2.75, 3.05) is 19.8 Å². The summed E-state index contributed by atoms with van der Waals surface area (Å²) >= 11 is 0. The van der Waals surface area contributed by atoms with Gasteiger partial charge in [-0.15, -0.1) is 6.58 Å². The minimum absolute atomic E-state index is 0.175. The SMILES string of the molecule is C=CC(C)(CCC=C(C)CCC=C(C)CCC=C(C)COC1OC(CO)C(O)C(O)C1O)OC1OC(CO)C(O)C(O)C1O. The second-order valence-corrected chi connectivity index (χ2v) is 12.1. The van der Waals surface area contributed by atoms with Gasteiger partial charge in [-0.1, -0.05) is 41.0 Å². The predicted octanol–water partition coefficient (Wildman–Crippen LogP) is 0.744. The molecule has 8 N–H and O–H groups in total. The Kier molecular flexibility index (Phi) is 16.3. The van der Waals surface area contributed by atoms with E-state index in [-0.39, 0.29) is 6.61 Å². The standard InChI is InChI=1S/C32H54O12/c1-6-32(5,44-31-29(40)27(38)25(36)23(17-34)43-31)15-9-14-20(3)11-7-10-19(2)12-8-13-21(4)18-41-30-28(39)26(37)24(35)22(16-33)42-30/h6,10,13-14,22-31,33-40H,1,7-9,11-12,15-18H2,2-5H3. The van der Waals surface area contributed by atoms with Crippen LogP contribution in [0.4, 0.5) is 0 Å². The first-order chi connectivity index (χ1) is 20.8. The molecule has 0 aromatic rings. The van der Waals surface area contributed by atoms with Crippen molar-refractivity contribution >= 4 is 0 Å². The van der Waals surface area contributed by atoms with Crippen molar-refractivity contribution in [3.8, 4) is 0 Å². The molecule has 12 nitrogen and oxygen atoms in total. The fourth-order valence-corrected chi connectivity index (χ4v) is 5.02. The predicted molar refractivity (Wildman–Crippen MR) is 162 cm³/mol. The number of hydrogen-bond donors (Lipinski definition) is 8. The largest absolute Gasteiger partial charge is 0.394 e. The van der Waals surface area contributed by atoms with Gasteiger partial charge in [-0.2, -0.15) is 0 Å². The molecule has 0 aliphatic carbocycles. The van der Waals surface area contributed by atoms with Crippen LogP contribution in [-0.2, 0) is 18.9 Å². The van der Waals surface area contributed by atoms with Crippen LogP contribution in [-0.4, -0.2) is 128 Å². The summed E-state index contributed by atoms with van der Waals surface area (Å²) in [5.41, 5.74) is 2.53. The fourth-order valence-electron chi connectivity index (χ4n) is 5.02. The van der Waals surface area contributed by atoms with Crippen LogP contribution in [0.5, 0.6) is 0 Å². The molecule has 2 fully saturated rings. The van der Waals surface area contributed by atoms with Crippen LogP contribution < -0.4 is 0 Å². The maximum atomic E-state index is 10.3. The summed E-state index contributed by atoms with van der Waals surface area (Å²) in [6.45, 7) is 10.8. The Hall–Kier alpha value is -1.52. The Morgan fingerprint density at radius 1 is 0.682 bits per heavy atom. The van der Waals surface area contributed by atoms with Crippen LogP contribution in [0.1, 0.15) is 66.2 Å². The van der Waals surface area contributed by atoms with Gasteiger partial charge in [0.2, 0.25) is 0 Å². The van der Waals surface area contributed by atoms with Crippen molar-refractivity contribution < 1.29 is 59.8 Å². The van der Waals surface area contributed by atoms with Crippen LogP contribution in [0, 0.1) is 0 Å². The molecule has 2 heterocycles. The average Bonchev–Trinajstić information content (AvgIpc) is 2.99. The van der Waals surface area contributed by atoms with Gasteiger partial charge < -0.3 is 59.8 Å². The first kappa shape index (κ1) is 38.7. The molecular formula is C32H54O12. The molecule has 2 aliphatic heterocycles. The highest BCUT2D eigenvalue weighted by Gasteiger charge is 2.46. The molecule has 0 amide bonds. The Morgan fingerprint density at radius 2 is 1.14 bits per heavy atom. The van der Waals surface area contributed by atoms with Crippen molar-refractivity contribution in [1.29, 1.82) is 0 Å². The third kappa shape index (κ3) is 11.4. The first-order valence-corrected chi connectivity index (χ1v) is 15.3. The number of rotatable bonds is 17. The van der Waals surface area contributed by atoms with Crippen molar-refractivity contribution in [3.05, 3.63) is 47.6 Å². The average molecular weight is 631 g/mol. The van der Waals surface area contributed by atoms with Gasteiger partial charge in [-0.3, -0.25) is 0 Å². The summed E-state index contributed by atoms with van der Waals surface area (Å²) in [6.07, 6.45) is -0.458. The number of aliphatic hydroxyl groups is 8. The van der Waals surface area contributed by atoms with E-state index in [2.05, 4.69) is 32.6 Å². The lowest BCUT2D eigenvalue weighted by Gasteiger charge is -2.42. The molecule has 11 unspecified atom stereocenters. The molecule has 11 atom stereocenters. The minimum Gasteiger partial charge on any atom is -0.394 e. The minimum atomic E-state index is -1.50. The van der Waals surface area contributed by atoms with Crippen LogP contribution >= 0.6 is 0 Å². The summed E-state index contributed by atoms with van der Waals surface area (Å²) in [5, 5.41) is 78.8. The summed E-state index contributed by atoms with van der Waals surface area (Å²) in [5.74, 6) is 0. The zero-order valence-corrected chi connectivity index (χ0v) is 26.4. The third-order valence-electron chi connectivity index (χ3n) is 8.19. The summed E-state index contributed by atoms with van der Waals surface area (Å²) in [4.78, 5) is 0. The van der Waals surface area contributed by atoms with Gasteiger partial charge in [-0.25, -0.2) is 0 Å². The van der Waals surface area contributed by atoms with E-state index < -0.39 is 80.2 Å². The van der Waals surface area contributed by atoms with E-state index in [0.717, 1.165) is 31.3 Å². The van der Waals surface area contributed by atoms with Gasteiger partial charge in [-0.05, 0) is 66.2 Å². The van der Waals surface area contributed by atoms with Crippen LogP contribution in [0.15, 0.2) is 47.6 Å². The van der Waals surface area contributed by atoms with Crippen molar-refractivity contribution in [2.45, 2.75) is 133 Å². The van der Waals surface area contributed by atoms with Gasteiger partial charge in [0, 0.05) is 0 Å². The zero-order valence-electron chi connectivity index (χ0n) is 26.4. The zero-order chi connectivity index (χ0) is 33.0. The molecule has 2 saturated heterocycles. The highest BCUT2D eigenvalue weighted by molar-refractivity contribution is 5.07. The number of aliphatic hydroxyl groups excluding tert-OH is 8. The lowest BCUT2D eigenvalue weighted by Crippen LogP contribution is -2.60. The molecule has 0 radical (unpaired) electrons. The molecule has 12 heteroatoms. The Labute approximate surface area is 260 Å². The summed E-state index contributed by atoms with van der Waals surface area (Å²) in [7, 11) is 0. The molecule has 0 aromatic heterocycles. The lowest BCUT2D eigenvalue weighted by molar-refractivity contribution is -0.319. The molecule has 44 heavy (non-hydrogen) atoms. The summed E-state index contributed by atoms with van der Waals surface area (Å²) < 4.78 is 22.4. The van der Waals surface area contributed by atoms with E-state index in [9.17, 15) is 40.9 Å². The second-order valence-electron chi connectivity index (χ2n) is 12.1. The van der Waals surface area contributed by atoms with E-state index in [1.165, 1.54) is 11.1 Å².